The second kappa shape index (κ2) is 9.78. The molecule has 4 rings (SSSR count). The first-order valence-corrected chi connectivity index (χ1v) is 11.6. The van der Waals surface area contributed by atoms with Crippen molar-refractivity contribution in [2.75, 3.05) is 18.0 Å². The smallest absolute Gasteiger partial charge is 0.292 e. The van der Waals surface area contributed by atoms with E-state index in [1.165, 1.54) is 5.69 Å². The monoisotopic (exact) mass is 475 g/mol. The van der Waals surface area contributed by atoms with Gasteiger partial charge in [-0.15, -0.1) is 5.10 Å². The molecule has 0 radical (unpaired) electrons. The van der Waals surface area contributed by atoms with Gasteiger partial charge in [0.15, 0.2) is 0 Å². The van der Waals surface area contributed by atoms with Crippen LogP contribution in [0.1, 0.15) is 33.3 Å². The Hall–Kier alpha value is -4.87. The maximum Gasteiger partial charge on any atom is 0.292 e. The number of anilines is 1. The van der Waals surface area contributed by atoms with E-state index in [9.17, 15) is 5.26 Å². The lowest BCUT2D eigenvalue weighted by Crippen LogP contribution is -2.21. The van der Waals surface area contributed by atoms with Crippen molar-refractivity contribution in [3.8, 4) is 23.0 Å². The fourth-order valence-electron chi connectivity index (χ4n) is 4.37. The molecule has 0 saturated carbocycles. The Labute approximate surface area is 211 Å². The second-order valence-corrected chi connectivity index (χ2v) is 8.66. The molecule has 0 aliphatic carbocycles. The van der Waals surface area contributed by atoms with E-state index in [1.54, 1.807) is 4.68 Å². The van der Waals surface area contributed by atoms with Crippen molar-refractivity contribution in [1.29, 1.82) is 5.26 Å². The Morgan fingerprint density at radius 3 is 2.25 bits per heavy atom. The lowest BCUT2D eigenvalue weighted by molar-refractivity contribution is 0.109. The van der Waals surface area contributed by atoms with Gasteiger partial charge in [-0.05, 0) is 57.5 Å². The largest absolute Gasteiger partial charge is 0.505 e. The van der Waals surface area contributed by atoms with Crippen molar-refractivity contribution < 1.29 is 4.74 Å². The zero-order valence-electron chi connectivity index (χ0n) is 20.6. The maximum absolute atomic E-state index is 9.29. The van der Waals surface area contributed by atoms with Crippen molar-refractivity contribution in [1.82, 2.24) is 15.0 Å². The van der Waals surface area contributed by atoms with Gasteiger partial charge in [0.1, 0.15) is 17.1 Å². The number of aromatic nitrogens is 3. The number of nitriles is 1. The molecular formula is C28H25N7O. The van der Waals surface area contributed by atoms with Crippen LogP contribution in [0.3, 0.4) is 0 Å². The number of benzene rings is 2. The highest BCUT2D eigenvalue weighted by molar-refractivity contribution is 5.82. The molecule has 8 nitrogen and oxygen atoms in total. The van der Waals surface area contributed by atoms with E-state index in [0.29, 0.717) is 5.57 Å². The number of hydrogen-bond donors (Lipinski definition) is 0. The molecule has 0 amide bonds. The van der Waals surface area contributed by atoms with Crippen LogP contribution in [0.5, 0.6) is 0 Å². The van der Waals surface area contributed by atoms with Gasteiger partial charge >= 0.3 is 0 Å². The van der Waals surface area contributed by atoms with E-state index in [1.807, 2.05) is 50.4 Å². The molecule has 0 unspecified atom stereocenters. The van der Waals surface area contributed by atoms with Gasteiger partial charge in [-0.25, -0.2) is 19.6 Å². The van der Waals surface area contributed by atoms with Crippen molar-refractivity contribution in [3.05, 3.63) is 100 Å². The fourth-order valence-corrected chi connectivity index (χ4v) is 4.37. The molecule has 8 heteroatoms. The first kappa shape index (κ1) is 24.3. The van der Waals surface area contributed by atoms with Gasteiger partial charge < -0.3 is 9.64 Å². The summed E-state index contributed by atoms with van der Waals surface area (Å²) in [5, 5.41) is 17.9. The Balaban J connectivity index is 1.64. The third kappa shape index (κ3) is 4.31. The lowest BCUT2D eigenvalue weighted by Gasteiger charge is -2.24. The van der Waals surface area contributed by atoms with Crippen molar-refractivity contribution in [2.45, 2.75) is 33.3 Å². The van der Waals surface area contributed by atoms with Gasteiger partial charge in [0.2, 0.25) is 5.70 Å². The van der Waals surface area contributed by atoms with Gasteiger partial charge in [0.05, 0.1) is 31.1 Å². The summed E-state index contributed by atoms with van der Waals surface area (Å²) in [4.78, 5) is 9.12. The zero-order valence-corrected chi connectivity index (χ0v) is 20.6. The molecule has 2 aromatic carbocycles. The topological polar surface area (TPSA) is 75.7 Å². The number of nitrogens with zero attached hydrogens (tertiary/aromatic N) is 7. The van der Waals surface area contributed by atoms with Gasteiger partial charge in [-0.3, -0.25) is 0 Å². The molecule has 3 aromatic rings. The van der Waals surface area contributed by atoms with Crippen LogP contribution >= 0.6 is 0 Å². The number of allylic oxidation sites excluding steroid dienone is 1. The summed E-state index contributed by atoms with van der Waals surface area (Å²) < 4.78 is 7.60. The molecule has 178 valence electrons. The zero-order chi connectivity index (χ0) is 25.9. The van der Waals surface area contributed by atoms with Crippen molar-refractivity contribution >= 4 is 11.3 Å². The van der Waals surface area contributed by atoms with Crippen LogP contribution in [0.2, 0.25) is 0 Å². The number of ether oxygens (including phenoxy) is 1. The van der Waals surface area contributed by atoms with E-state index < -0.39 is 5.60 Å². The van der Waals surface area contributed by atoms with Crippen molar-refractivity contribution in [2.24, 2.45) is 0 Å². The van der Waals surface area contributed by atoms with E-state index in [2.05, 4.69) is 63.0 Å². The SMILES string of the molecule is [C-]#[N+]C(C#N)=C1OC(C)(C)C(c2ccc(-n3cc(-c4ccc(N(CC)CC)cc4)nn3)cc2)=C1[N+]#[C-]. The van der Waals surface area contributed by atoms with Gasteiger partial charge in [-0.1, -0.05) is 29.5 Å². The van der Waals surface area contributed by atoms with Crippen LogP contribution in [-0.4, -0.2) is 33.7 Å². The molecule has 1 aliphatic heterocycles. The minimum Gasteiger partial charge on any atom is -0.505 e. The van der Waals surface area contributed by atoms with Crippen LogP contribution in [-0.2, 0) is 4.74 Å². The minimum atomic E-state index is -0.860. The molecule has 0 atom stereocenters. The van der Waals surface area contributed by atoms with Gasteiger partial charge in [0, 0.05) is 29.9 Å². The lowest BCUT2D eigenvalue weighted by atomic mass is 9.91. The first-order chi connectivity index (χ1) is 17.4. The Morgan fingerprint density at radius 1 is 1.06 bits per heavy atom. The Morgan fingerprint density at radius 2 is 1.69 bits per heavy atom. The van der Waals surface area contributed by atoms with Crippen molar-refractivity contribution in [3.63, 3.8) is 0 Å². The molecule has 0 fully saturated rings. The first-order valence-electron chi connectivity index (χ1n) is 11.6. The van der Waals surface area contributed by atoms with Crippen LogP contribution in [0.15, 0.2) is 71.9 Å². The summed E-state index contributed by atoms with van der Waals surface area (Å²) in [6.07, 6.45) is 1.88. The quantitative estimate of drug-likeness (QED) is 0.329. The summed E-state index contributed by atoms with van der Waals surface area (Å²) in [7, 11) is 0. The normalized spacial score (nSPS) is 15.5. The number of rotatable bonds is 6. The summed E-state index contributed by atoms with van der Waals surface area (Å²) >= 11 is 0. The van der Waals surface area contributed by atoms with E-state index in [0.717, 1.165) is 35.6 Å². The third-order valence-corrected chi connectivity index (χ3v) is 6.16. The molecule has 36 heavy (non-hydrogen) atoms. The second-order valence-electron chi connectivity index (χ2n) is 8.66. The number of hydrogen-bond acceptors (Lipinski definition) is 5. The Kier molecular flexibility index (Phi) is 6.59. The molecule has 0 bridgehead atoms. The van der Waals surface area contributed by atoms with Crippen LogP contribution in [0.4, 0.5) is 5.69 Å². The van der Waals surface area contributed by atoms with Gasteiger partial charge in [-0.2, -0.15) is 0 Å². The molecule has 0 spiro atoms. The fraction of sp³-hybridized carbons (Fsp3) is 0.250. The van der Waals surface area contributed by atoms with E-state index in [-0.39, 0.29) is 17.2 Å². The predicted molar refractivity (Wildman–Crippen MR) is 138 cm³/mol. The summed E-state index contributed by atoms with van der Waals surface area (Å²) in [5.41, 5.74) is 4.27. The summed E-state index contributed by atoms with van der Waals surface area (Å²) in [5.74, 6) is 0.0412. The highest BCUT2D eigenvalue weighted by Crippen LogP contribution is 2.46. The molecule has 1 aliphatic rings. The standard InChI is InChI=1S/C28H25N7O/c1-7-34(8-2)21-13-9-19(10-14-21)24-18-35(33-32-24)22-15-11-20(12-16-22)25-26(31-6)27(23(17-29)30-5)36-28(25,3)4/h9-16,18H,7-8H2,1-4H3. The molecule has 1 aromatic heterocycles. The average Bonchev–Trinajstić information content (AvgIpc) is 3.48. The van der Waals surface area contributed by atoms with E-state index in [4.69, 9.17) is 17.9 Å². The summed E-state index contributed by atoms with van der Waals surface area (Å²) in [6.45, 7) is 24.7. The molecule has 0 saturated heterocycles. The molecule has 0 N–H and O–H groups in total. The van der Waals surface area contributed by atoms with Crippen LogP contribution in [0.25, 0.3) is 32.2 Å². The molecule has 2 heterocycles. The average molecular weight is 476 g/mol. The highest BCUT2D eigenvalue weighted by atomic mass is 16.5. The van der Waals surface area contributed by atoms with E-state index >= 15 is 0 Å². The molecular weight excluding hydrogens is 450 g/mol. The van der Waals surface area contributed by atoms with Gasteiger partial charge in [0.25, 0.3) is 5.70 Å². The Bertz CT molecular complexity index is 1450. The van der Waals surface area contributed by atoms with Crippen LogP contribution < -0.4 is 4.90 Å². The maximum atomic E-state index is 9.29. The predicted octanol–water partition coefficient (Wildman–Crippen LogP) is 5.87. The minimum absolute atomic E-state index is 0.0412. The highest BCUT2D eigenvalue weighted by Gasteiger charge is 2.40. The summed E-state index contributed by atoms with van der Waals surface area (Å²) in [6, 6.07) is 17.7. The third-order valence-electron chi connectivity index (χ3n) is 6.16. The van der Waals surface area contributed by atoms with Crippen LogP contribution in [0, 0.1) is 24.5 Å².